The minimum Gasteiger partial charge on any atom is -0.466 e. The van der Waals surface area contributed by atoms with E-state index in [9.17, 15) is 19.5 Å². The summed E-state index contributed by atoms with van der Waals surface area (Å²) in [6.07, 6.45) is 2.23. The molecule has 8 nitrogen and oxygen atoms in total. The zero-order chi connectivity index (χ0) is 27.2. The average molecular weight is 521 g/mol. The molecule has 202 valence electrons. The number of amides is 2. The van der Waals surface area contributed by atoms with E-state index in [1.807, 2.05) is 56.3 Å². The Kier molecular flexibility index (Phi) is 7.05. The normalized spacial score (nSPS) is 28.6. The number of carbonyl (C=O) groups excluding carboxylic acids is 3. The van der Waals surface area contributed by atoms with Gasteiger partial charge in [0.05, 0.1) is 37.2 Å². The number of anilines is 1. The number of esters is 1. The van der Waals surface area contributed by atoms with E-state index in [0.29, 0.717) is 18.5 Å². The largest absolute Gasteiger partial charge is 0.466 e. The van der Waals surface area contributed by atoms with Crippen LogP contribution in [0.15, 0.2) is 55.1 Å². The van der Waals surface area contributed by atoms with Crippen molar-refractivity contribution < 1.29 is 29.0 Å². The first-order valence-electron chi connectivity index (χ1n) is 13.5. The maximum atomic E-state index is 14.6. The molecular weight excluding hydrogens is 484 g/mol. The van der Waals surface area contributed by atoms with E-state index in [2.05, 4.69) is 6.58 Å². The van der Waals surface area contributed by atoms with Crippen LogP contribution in [-0.2, 0) is 23.9 Å². The molecular formula is C30H36N2O6. The number of nitrogens with zero attached hydrogens (tertiary/aromatic N) is 2. The molecule has 0 aliphatic carbocycles. The standard InChI is InChI=1S/C30H36N2O6/c1-5-15-31(21-12-11-19-9-7-8-10-20(19)16-21)28(35)26-30-14-13-23(38-30)24(29(36)37-6-2)25(30)27(34)32(26)22(17-33)18(3)4/h5,7-12,16,18,22-26,33H,1,6,13-15,17H2,2-4H3/t22-,23+,24-,25-,26+,30-/m0/s1. The number of aliphatic hydroxyl groups is 1. The summed E-state index contributed by atoms with van der Waals surface area (Å²) in [7, 11) is 0. The Hall–Kier alpha value is -3.23. The Bertz CT molecular complexity index is 1260. The van der Waals surface area contributed by atoms with E-state index in [1.54, 1.807) is 17.9 Å². The molecule has 3 aliphatic rings. The van der Waals surface area contributed by atoms with E-state index >= 15 is 0 Å². The third-order valence-electron chi connectivity index (χ3n) is 8.47. The molecule has 5 rings (SSSR count). The van der Waals surface area contributed by atoms with Gasteiger partial charge in [-0.15, -0.1) is 6.58 Å². The number of rotatable bonds is 9. The van der Waals surface area contributed by atoms with Gasteiger partial charge in [-0.05, 0) is 48.6 Å². The van der Waals surface area contributed by atoms with Gasteiger partial charge < -0.3 is 24.4 Å². The van der Waals surface area contributed by atoms with Gasteiger partial charge in [-0.25, -0.2) is 0 Å². The van der Waals surface area contributed by atoms with E-state index in [4.69, 9.17) is 9.47 Å². The monoisotopic (exact) mass is 520 g/mol. The molecule has 8 heteroatoms. The first-order chi connectivity index (χ1) is 18.3. The van der Waals surface area contributed by atoms with Gasteiger partial charge in [0.1, 0.15) is 11.6 Å². The maximum absolute atomic E-state index is 14.6. The fourth-order valence-electron chi connectivity index (χ4n) is 6.80. The minimum atomic E-state index is -1.16. The highest BCUT2D eigenvalue weighted by Gasteiger charge is 2.75. The lowest BCUT2D eigenvalue weighted by atomic mass is 9.70. The topological polar surface area (TPSA) is 96.4 Å². The van der Waals surface area contributed by atoms with Crippen LogP contribution < -0.4 is 4.90 Å². The number of carbonyl (C=O) groups is 3. The van der Waals surface area contributed by atoms with Crippen molar-refractivity contribution in [3.63, 3.8) is 0 Å². The summed E-state index contributed by atoms with van der Waals surface area (Å²) in [4.78, 5) is 44.9. The fourth-order valence-corrected chi connectivity index (χ4v) is 6.80. The fraction of sp³-hybridized carbons (Fsp3) is 0.500. The van der Waals surface area contributed by atoms with Crippen molar-refractivity contribution >= 4 is 34.2 Å². The van der Waals surface area contributed by atoms with Crippen molar-refractivity contribution in [2.45, 2.75) is 57.4 Å². The molecule has 0 unspecified atom stereocenters. The highest BCUT2D eigenvalue weighted by Crippen LogP contribution is 2.59. The Balaban J connectivity index is 1.62. The van der Waals surface area contributed by atoms with Crippen molar-refractivity contribution in [2.24, 2.45) is 17.8 Å². The lowest BCUT2D eigenvalue weighted by Gasteiger charge is -2.40. The van der Waals surface area contributed by atoms with E-state index in [1.165, 1.54) is 4.90 Å². The zero-order valence-corrected chi connectivity index (χ0v) is 22.2. The summed E-state index contributed by atoms with van der Waals surface area (Å²) in [6, 6.07) is 12.1. The maximum Gasteiger partial charge on any atom is 0.312 e. The molecule has 3 saturated heterocycles. The average Bonchev–Trinajstić information content (AvgIpc) is 3.55. The summed E-state index contributed by atoms with van der Waals surface area (Å²) in [5.74, 6) is -2.82. The van der Waals surface area contributed by atoms with Crippen molar-refractivity contribution in [1.82, 2.24) is 4.90 Å². The molecule has 2 aromatic carbocycles. The van der Waals surface area contributed by atoms with Crippen LogP contribution in [0.5, 0.6) is 0 Å². The quantitative estimate of drug-likeness (QED) is 0.403. The Labute approximate surface area is 223 Å². The number of benzene rings is 2. The van der Waals surface area contributed by atoms with Crippen molar-refractivity contribution in [3.8, 4) is 0 Å². The summed E-state index contributed by atoms with van der Waals surface area (Å²) < 4.78 is 11.8. The van der Waals surface area contributed by atoms with Gasteiger partial charge in [0.25, 0.3) is 5.91 Å². The molecule has 2 aromatic rings. The van der Waals surface area contributed by atoms with E-state index < -0.39 is 41.6 Å². The molecule has 1 spiro atoms. The SMILES string of the molecule is C=CCN(C(=O)[C@H]1N([C@@H](CO)C(C)C)C(=O)[C@@H]2[C@@H](C(=O)OCC)[C@H]3CC[C@]21O3)c1ccc2ccccc2c1. The summed E-state index contributed by atoms with van der Waals surface area (Å²) in [5, 5.41) is 12.4. The first-order valence-corrected chi connectivity index (χ1v) is 13.5. The Morgan fingerprint density at radius 1 is 1.26 bits per heavy atom. The molecule has 3 aliphatic heterocycles. The zero-order valence-electron chi connectivity index (χ0n) is 22.2. The van der Waals surface area contributed by atoms with Crippen LogP contribution in [-0.4, -0.2) is 71.3 Å². The summed E-state index contributed by atoms with van der Waals surface area (Å²) in [6.45, 7) is 9.54. The molecule has 38 heavy (non-hydrogen) atoms. The summed E-state index contributed by atoms with van der Waals surface area (Å²) >= 11 is 0. The molecule has 2 amide bonds. The van der Waals surface area contributed by atoms with Gasteiger partial charge >= 0.3 is 5.97 Å². The highest BCUT2D eigenvalue weighted by molar-refractivity contribution is 6.05. The van der Waals surface area contributed by atoms with Gasteiger partial charge in [0.15, 0.2) is 0 Å². The van der Waals surface area contributed by atoms with E-state index in [0.717, 1.165) is 10.8 Å². The van der Waals surface area contributed by atoms with Crippen molar-refractivity contribution in [1.29, 1.82) is 0 Å². The minimum absolute atomic E-state index is 0.124. The molecule has 3 heterocycles. The van der Waals surface area contributed by atoms with Crippen LogP contribution in [0, 0.1) is 17.8 Å². The van der Waals surface area contributed by atoms with Crippen LogP contribution >= 0.6 is 0 Å². The van der Waals surface area contributed by atoms with Gasteiger partial charge in [0, 0.05) is 12.2 Å². The number of aliphatic hydroxyl groups excluding tert-OH is 1. The second kappa shape index (κ2) is 10.2. The first kappa shape index (κ1) is 26.4. The van der Waals surface area contributed by atoms with Gasteiger partial charge in [-0.1, -0.05) is 50.3 Å². The second-order valence-corrected chi connectivity index (χ2v) is 10.8. The number of hydrogen-bond acceptors (Lipinski definition) is 6. The van der Waals surface area contributed by atoms with Gasteiger partial charge in [0.2, 0.25) is 5.91 Å². The smallest absolute Gasteiger partial charge is 0.312 e. The Morgan fingerprint density at radius 3 is 2.66 bits per heavy atom. The second-order valence-electron chi connectivity index (χ2n) is 10.8. The molecule has 0 saturated carbocycles. The highest BCUT2D eigenvalue weighted by atomic mass is 16.6. The van der Waals surface area contributed by atoms with Gasteiger partial charge in [-0.2, -0.15) is 0 Å². The van der Waals surface area contributed by atoms with Crippen molar-refractivity contribution in [2.75, 3.05) is 24.7 Å². The predicted molar refractivity (Wildman–Crippen MR) is 143 cm³/mol. The molecule has 0 radical (unpaired) electrons. The Morgan fingerprint density at radius 2 is 2.00 bits per heavy atom. The molecule has 3 fully saturated rings. The van der Waals surface area contributed by atoms with Crippen molar-refractivity contribution in [3.05, 3.63) is 55.1 Å². The van der Waals surface area contributed by atoms with Crippen LogP contribution in [0.2, 0.25) is 0 Å². The lowest BCUT2D eigenvalue weighted by molar-refractivity contribution is -0.155. The predicted octanol–water partition coefficient (Wildman–Crippen LogP) is 3.31. The van der Waals surface area contributed by atoms with E-state index in [-0.39, 0.29) is 37.5 Å². The van der Waals surface area contributed by atoms with Crippen LogP contribution in [0.1, 0.15) is 33.6 Å². The molecule has 2 bridgehead atoms. The third kappa shape index (κ3) is 3.93. The summed E-state index contributed by atoms with van der Waals surface area (Å²) in [5.41, 5.74) is -0.477. The van der Waals surface area contributed by atoms with Gasteiger partial charge in [-0.3, -0.25) is 14.4 Å². The molecule has 0 aromatic heterocycles. The lowest BCUT2D eigenvalue weighted by Crippen LogP contribution is -2.59. The third-order valence-corrected chi connectivity index (χ3v) is 8.47. The number of fused-ring (bicyclic) bond motifs is 2. The van der Waals surface area contributed by atoms with Crippen LogP contribution in [0.4, 0.5) is 5.69 Å². The number of likely N-dealkylation sites (tertiary alicyclic amines) is 1. The van der Waals surface area contributed by atoms with Crippen LogP contribution in [0.3, 0.4) is 0 Å². The molecule has 1 N–H and O–H groups in total. The number of ether oxygens (including phenoxy) is 2. The molecule has 6 atom stereocenters. The van der Waals surface area contributed by atoms with Crippen LogP contribution in [0.25, 0.3) is 10.8 Å². The number of hydrogen-bond donors (Lipinski definition) is 1.